The van der Waals surface area contributed by atoms with E-state index in [2.05, 4.69) is 0 Å². The fraction of sp³-hybridized carbons (Fsp3) is 0.562. The molecule has 1 amide bonds. The van der Waals surface area contributed by atoms with Crippen LogP contribution in [0.15, 0.2) is 6.07 Å². The molecule has 2 heterocycles. The second-order valence-electron chi connectivity index (χ2n) is 6.07. The third kappa shape index (κ3) is 2.79. The minimum absolute atomic E-state index is 0.0941. The van der Waals surface area contributed by atoms with E-state index in [1.807, 2.05) is 0 Å². The zero-order valence-corrected chi connectivity index (χ0v) is 13.1. The highest BCUT2D eigenvalue weighted by Gasteiger charge is 2.41. The van der Waals surface area contributed by atoms with E-state index in [4.69, 9.17) is 9.47 Å². The van der Waals surface area contributed by atoms with Gasteiger partial charge in [-0.1, -0.05) is 0 Å². The molecule has 0 aliphatic carbocycles. The van der Waals surface area contributed by atoms with Gasteiger partial charge >= 0.3 is 0 Å². The first kappa shape index (κ1) is 16.9. The van der Waals surface area contributed by atoms with Crippen molar-refractivity contribution in [1.82, 2.24) is 4.90 Å². The number of nitrogens with zero attached hydrogens (tertiary/aromatic N) is 1. The Morgan fingerprint density at radius 3 is 2.83 bits per heavy atom. The van der Waals surface area contributed by atoms with Crippen molar-refractivity contribution in [3.8, 4) is 11.5 Å². The van der Waals surface area contributed by atoms with Crippen LogP contribution in [-0.2, 0) is 0 Å². The molecule has 0 saturated carbocycles. The van der Waals surface area contributed by atoms with Crippen molar-refractivity contribution >= 4 is 5.91 Å². The first-order valence-electron chi connectivity index (χ1n) is 7.69. The molecule has 2 aliphatic rings. The van der Waals surface area contributed by atoms with Crippen LogP contribution in [0.5, 0.6) is 11.5 Å². The second-order valence-corrected chi connectivity index (χ2v) is 6.07. The van der Waals surface area contributed by atoms with Crippen molar-refractivity contribution in [2.24, 2.45) is 0 Å². The van der Waals surface area contributed by atoms with Crippen molar-refractivity contribution < 1.29 is 32.5 Å². The van der Waals surface area contributed by atoms with Crippen LogP contribution in [0.2, 0.25) is 0 Å². The van der Waals surface area contributed by atoms with E-state index in [-0.39, 0.29) is 36.1 Å². The summed E-state index contributed by atoms with van der Waals surface area (Å²) in [6, 6.07) is 1.03. The van der Waals surface area contributed by atoms with Crippen LogP contribution < -0.4 is 9.47 Å². The van der Waals surface area contributed by atoms with Crippen molar-refractivity contribution in [1.29, 1.82) is 0 Å². The standard InChI is InChI=1S/C16H18F3NO4/c1-8-2-12-13(15(14(8)19)24-11(4-17)5-18)16(22)20-6-10(21)3-9(20)7-23-12/h2,9-11,21H,3-7H2,1H3/t9-,10-/m1/s1. The highest BCUT2D eigenvalue weighted by atomic mass is 19.1. The third-order valence-corrected chi connectivity index (χ3v) is 4.29. The maximum absolute atomic E-state index is 14.5. The van der Waals surface area contributed by atoms with Gasteiger partial charge in [-0.25, -0.2) is 13.2 Å². The number of carbonyl (C=O) groups is 1. The van der Waals surface area contributed by atoms with Gasteiger partial charge in [0.25, 0.3) is 5.91 Å². The van der Waals surface area contributed by atoms with Gasteiger partial charge in [-0.3, -0.25) is 4.79 Å². The Morgan fingerprint density at radius 1 is 1.46 bits per heavy atom. The number of halogens is 3. The van der Waals surface area contributed by atoms with Crippen LogP contribution in [-0.4, -0.2) is 60.7 Å². The van der Waals surface area contributed by atoms with Crippen molar-refractivity contribution in [3.63, 3.8) is 0 Å². The Kier molecular flexibility index (Phi) is 4.58. The molecule has 8 heteroatoms. The van der Waals surface area contributed by atoms with Gasteiger partial charge in [-0.15, -0.1) is 0 Å². The molecule has 2 aliphatic heterocycles. The lowest BCUT2D eigenvalue weighted by Crippen LogP contribution is -2.37. The maximum Gasteiger partial charge on any atom is 0.261 e. The van der Waals surface area contributed by atoms with E-state index >= 15 is 0 Å². The largest absolute Gasteiger partial charge is 0.490 e. The lowest BCUT2D eigenvalue weighted by molar-refractivity contribution is 0.0697. The molecule has 0 spiro atoms. The zero-order valence-electron chi connectivity index (χ0n) is 13.1. The molecule has 132 valence electrons. The molecule has 1 N–H and O–H groups in total. The lowest BCUT2D eigenvalue weighted by atomic mass is 10.1. The van der Waals surface area contributed by atoms with E-state index in [0.717, 1.165) is 0 Å². The molecule has 1 saturated heterocycles. The van der Waals surface area contributed by atoms with Gasteiger partial charge in [0.1, 0.15) is 31.3 Å². The summed E-state index contributed by atoms with van der Waals surface area (Å²) < 4.78 is 50.8. The maximum atomic E-state index is 14.5. The Morgan fingerprint density at radius 2 is 2.17 bits per heavy atom. The summed E-state index contributed by atoms with van der Waals surface area (Å²) in [5.74, 6) is -1.81. The van der Waals surface area contributed by atoms with Gasteiger partial charge in [0, 0.05) is 6.54 Å². The second kappa shape index (κ2) is 6.51. The number of rotatable bonds is 4. The fourth-order valence-corrected chi connectivity index (χ4v) is 3.06. The summed E-state index contributed by atoms with van der Waals surface area (Å²) in [6.45, 7) is -0.615. The molecular weight excluding hydrogens is 327 g/mol. The number of aryl methyl sites for hydroxylation is 1. The van der Waals surface area contributed by atoms with E-state index in [9.17, 15) is 23.1 Å². The Bertz CT molecular complexity index is 651. The van der Waals surface area contributed by atoms with E-state index in [1.54, 1.807) is 0 Å². The highest BCUT2D eigenvalue weighted by Crippen LogP contribution is 2.39. The molecule has 5 nitrogen and oxygen atoms in total. The topological polar surface area (TPSA) is 59.0 Å². The molecule has 1 aromatic rings. The average molecular weight is 345 g/mol. The molecular formula is C16H18F3NO4. The molecule has 24 heavy (non-hydrogen) atoms. The Balaban J connectivity index is 2.07. The first-order valence-corrected chi connectivity index (χ1v) is 7.69. The number of fused-ring (bicyclic) bond motifs is 2. The number of aliphatic hydroxyl groups is 1. The van der Waals surface area contributed by atoms with Gasteiger partial charge < -0.3 is 19.5 Å². The highest BCUT2D eigenvalue weighted by molar-refractivity contribution is 6.00. The van der Waals surface area contributed by atoms with Crippen LogP contribution in [0.1, 0.15) is 22.3 Å². The first-order chi connectivity index (χ1) is 11.5. The molecule has 1 aromatic carbocycles. The minimum Gasteiger partial charge on any atom is -0.490 e. The lowest BCUT2D eigenvalue weighted by Gasteiger charge is -2.22. The summed E-state index contributed by atoms with van der Waals surface area (Å²) >= 11 is 0. The van der Waals surface area contributed by atoms with Crippen LogP contribution in [0.25, 0.3) is 0 Å². The van der Waals surface area contributed by atoms with E-state index in [0.29, 0.717) is 6.42 Å². The van der Waals surface area contributed by atoms with Gasteiger partial charge in [0.15, 0.2) is 17.7 Å². The predicted molar refractivity (Wildman–Crippen MR) is 78.4 cm³/mol. The molecule has 3 rings (SSSR count). The van der Waals surface area contributed by atoms with Crippen molar-refractivity contribution in [2.45, 2.75) is 31.6 Å². The van der Waals surface area contributed by atoms with Crippen LogP contribution in [0, 0.1) is 12.7 Å². The number of hydrogen-bond donors (Lipinski definition) is 1. The number of carbonyl (C=O) groups excluding carboxylic acids is 1. The minimum atomic E-state index is -1.50. The fourth-order valence-electron chi connectivity index (χ4n) is 3.06. The molecule has 2 atom stereocenters. The quantitative estimate of drug-likeness (QED) is 0.904. The molecule has 0 radical (unpaired) electrons. The molecule has 0 bridgehead atoms. The SMILES string of the molecule is Cc1cc2c(c(OC(CF)CF)c1F)C(=O)N1C[C@H](O)C[C@@H]1CO2. The zero-order chi connectivity index (χ0) is 17.4. The predicted octanol–water partition coefficient (Wildman–Crippen LogP) is 1.79. The number of aliphatic hydroxyl groups excluding tert-OH is 1. The third-order valence-electron chi connectivity index (χ3n) is 4.29. The van der Waals surface area contributed by atoms with Gasteiger partial charge in [0.05, 0.1) is 12.1 Å². The summed E-state index contributed by atoms with van der Waals surface area (Å²) in [5.41, 5.74) is -0.0447. The van der Waals surface area contributed by atoms with Gasteiger partial charge in [0.2, 0.25) is 0 Å². The van der Waals surface area contributed by atoms with Crippen molar-refractivity contribution in [3.05, 3.63) is 23.0 Å². The van der Waals surface area contributed by atoms with Gasteiger partial charge in [-0.2, -0.15) is 0 Å². The van der Waals surface area contributed by atoms with Crippen LogP contribution >= 0.6 is 0 Å². The van der Waals surface area contributed by atoms with Gasteiger partial charge in [-0.05, 0) is 25.0 Å². The Labute approximate surface area is 137 Å². The molecule has 0 aromatic heterocycles. The molecule has 1 fully saturated rings. The van der Waals surface area contributed by atoms with Crippen LogP contribution in [0.3, 0.4) is 0 Å². The number of alkyl halides is 2. The number of amides is 1. The van der Waals surface area contributed by atoms with Crippen molar-refractivity contribution in [2.75, 3.05) is 26.5 Å². The summed E-state index contributed by atoms with van der Waals surface area (Å²) in [6.07, 6.45) is -1.83. The number of ether oxygens (including phenoxy) is 2. The average Bonchev–Trinajstić information content (AvgIpc) is 2.89. The monoisotopic (exact) mass is 345 g/mol. The summed E-state index contributed by atoms with van der Waals surface area (Å²) in [5, 5.41) is 9.75. The van der Waals surface area contributed by atoms with Crippen LogP contribution in [0.4, 0.5) is 13.2 Å². The van der Waals surface area contributed by atoms with E-state index in [1.165, 1.54) is 17.9 Å². The molecule has 0 unspecified atom stereocenters. The number of benzene rings is 1. The summed E-state index contributed by atoms with van der Waals surface area (Å²) in [4.78, 5) is 14.2. The van der Waals surface area contributed by atoms with E-state index < -0.39 is 43.0 Å². The number of hydrogen-bond acceptors (Lipinski definition) is 4. The summed E-state index contributed by atoms with van der Waals surface area (Å²) in [7, 11) is 0. The Hall–Kier alpha value is -1.96. The normalized spacial score (nSPS) is 22.9. The smallest absolute Gasteiger partial charge is 0.261 e.